The predicted molar refractivity (Wildman–Crippen MR) is 83.7 cm³/mol. The van der Waals surface area contributed by atoms with Crippen LogP contribution in [0.3, 0.4) is 0 Å². The Hall–Kier alpha value is -1.71. The maximum atomic E-state index is 12.6. The highest BCUT2D eigenvalue weighted by Crippen LogP contribution is 2.34. The molecule has 1 aromatic carbocycles. The number of benzene rings is 1. The van der Waals surface area contributed by atoms with Gasteiger partial charge in [0.2, 0.25) is 0 Å². The van der Waals surface area contributed by atoms with E-state index in [0.717, 1.165) is 25.7 Å². The van der Waals surface area contributed by atoms with Crippen LogP contribution in [0.2, 0.25) is 0 Å². The molecule has 0 atom stereocenters. The van der Waals surface area contributed by atoms with Crippen LogP contribution in [-0.2, 0) is 4.74 Å². The zero-order valence-electron chi connectivity index (χ0n) is 13.1. The predicted octanol–water partition coefficient (Wildman–Crippen LogP) is 4.47. The molecule has 1 aromatic rings. The lowest BCUT2D eigenvalue weighted by Gasteiger charge is -2.35. The van der Waals surface area contributed by atoms with Crippen molar-refractivity contribution in [2.45, 2.75) is 64.5 Å². The first-order chi connectivity index (χ1) is 9.88. The quantitative estimate of drug-likeness (QED) is 0.874. The average molecular weight is 291 g/mol. The largest absolute Gasteiger partial charge is 0.506 e. The van der Waals surface area contributed by atoms with E-state index in [4.69, 9.17) is 4.74 Å². The minimum Gasteiger partial charge on any atom is -0.506 e. The van der Waals surface area contributed by atoms with Crippen molar-refractivity contribution in [3.05, 3.63) is 24.3 Å². The Morgan fingerprint density at radius 2 is 1.81 bits per heavy atom. The number of carbonyl (C=O) groups excluding carboxylic acids is 1. The number of aromatic hydroxyl groups is 1. The summed E-state index contributed by atoms with van der Waals surface area (Å²) in [7, 11) is 0. The van der Waals surface area contributed by atoms with Gasteiger partial charge in [-0.25, -0.2) is 4.79 Å². The highest BCUT2D eigenvalue weighted by atomic mass is 16.6. The fourth-order valence-electron chi connectivity index (χ4n) is 2.76. The fourth-order valence-corrected chi connectivity index (χ4v) is 2.76. The number of amides is 1. The molecule has 0 unspecified atom stereocenters. The van der Waals surface area contributed by atoms with E-state index in [1.54, 1.807) is 23.1 Å². The number of hydrogen-bond acceptors (Lipinski definition) is 3. The van der Waals surface area contributed by atoms with Gasteiger partial charge in [-0.05, 0) is 45.7 Å². The molecule has 1 amide bonds. The maximum absolute atomic E-state index is 12.6. The molecule has 4 nitrogen and oxygen atoms in total. The van der Waals surface area contributed by atoms with Crippen LogP contribution in [0.4, 0.5) is 10.5 Å². The molecule has 0 heterocycles. The van der Waals surface area contributed by atoms with E-state index < -0.39 is 5.60 Å². The molecule has 1 aliphatic rings. The van der Waals surface area contributed by atoms with E-state index >= 15 is 0 Å². The molecular formula is C17H25NO3. The van der Waals surface area contributed by atoms with Crippen molar-refractivity contribution in [2.24, 2.45) is 0 Å². The summed E-state index contributed by atoms with van der Waals surface area (Å²) in [5.41, 5.74) is -0.00681. The van der Waals surface area contributed by atoms with Crippen molar-refractivity contribution in [1.29, 1.82) is 0 Å². The van der Waals surface area contributed by atoms with Gasteiger partial charge in [-0.1, -0.05) is 31.4 Å². The van der Waals surface area contributed by atoms with Gasteiger partial charge >= 0.3 is 6.09 Å². The van der Waals surface area contributed by atoms with E-state index in [-0.39, 0.29) is 17.9 Å². The van der Waals surface area contributed by atoms with Gasteiger partial charge in [-0.3, -0.25) is 4.90 Å². The van der Waals surface area contributed by atoms with Gasteiger partial charge < -0.3 is 9.84 Å². The molecule has 0 bridgehead atoms. The SMILES string of the molecule is CC(C)(C)OC(=O)N(c1ccccc1O)C1CCCCC1. The molecule has 1 fully saturated rings. The Morgan fingerprint density at radius 3 is 2.38 bits per heavy atom. The molecule has 116 valence electrons. The number of ether oxygens (including phenoxy) is 1. The first-order valence-corrected chi connectivity index (χ1v) is 7.69. The van der Waals surface area contributed by atoms with Crippen molar-refractivity contribution < 1.29 is 14.6 Å². The third kappa shape index (κ3) is 4.13. The van der Waals surface area contributed by atoms with Crippen molar-refractivity contribution in [3.8, 4) is 5.75 Å². The molecule has 2 rings (SSSR count). The monoisotopic (exact) mass is 291 g/mol. The van der Waals surface area contributed by atoms with Gasteiger partial charge in [0.05, 0.1) is 5.69 Å². The molecule has 0 aliphatic heterocycles. The molecule has 0 saturated heterocycles. The number of rotatable bonds is 2. The summed E-state index contributed by atoms with van der Waals surface area (Å²) in [5.74, 6) is 0.119. The van der Waals surface area contributed by atoms with Crippen LogP contribution in [-0.4, -0.2) is 22.8 Å². The number of nitrogens with zero attached hydrogens (tertiary/aromatic N) is 1. The summed E-state index contributed by atoms with van der Waals surface area (Å²) in [6.45, 7) is 5.57. The highest BCUT2D eigenvalue weighted by Gasteiger charge is 2.31. The summed E-state index contributed by atoms with van der Waals surface area (Å²) in [6, 6.07) is 7.06. The van der Waals surface area contributed by atoms with E-state index in [2.05, 4.69) is 0 Å². The van der Waals surface area contributed by atoms with Gasteiger partial charge in [-0.2, -0.15) is 0 Å². The second kappa shape index (κ2) is 6.37. The van der Waals surface area contributed by atoms with E-state index in [9.17, 15) is 9.90 Å². The first-order valence-electron chi connectivity index (χ1n) is 7.69. The van der Waals surface area contributed by atoms with Crippen LogP contribution in [0.15, 0.2) is 24.3 Å². The van der Waals surface area contributed by atoms with Crippen molar-refractivity contribution >= 4 is 11.8 Å². The van der Waals surface area contributed by atoms with Crippen molar-refractivity contribution in [2.75, 3.05) is 4.90 Å². The Balaban J connectivity index is 2.30. The molecule has 1 aliphatic carbocycles. The topological polar surface area (TPSA) is 49.8 Å². The lowest BCUT2D eigenvalue weighted by molar-refractivity contribution is 0.0557. The highest BCUT2D eigenvalue weighted by molar-refractivity contribution is 5.90. The lowest BCUT2D eigenvalue weighted by Crippen LogP contribution is -2.44. The lowest BCUT2D eigenvalue weighted by atomic mass is 9.94. The second-order valence-corrected chi connectivity index (χ2v) is 6.63. The van der Waals surface area contributed by atoms with Gasteiger partial charge in [0.1, 0.15) is 11.4 Å². The minimum absolute atomic E-state index is 0.0990. The van der Waals surface area contributed by atoms with Crippen LogP contribution < -0.4 is 4.90 Å². The van der Waals surface area contributed by atoms with Gasteiger partial charge in [0.25, 0.3) is 0 Å². The summed E-state index contributed by atoms with van der Waals surface area (Å²) < 4.78 is 5.54. The molecule has 0 radical (unpaired) electrons. The Kier molecular flexibility index (Phi) is 4.76. The van der Waals surface area contributed by atoms with Crippen molar-refractivity contribution in [1.82, 2.24) is 0 Å². The van der Waals surface area contributed by atoms with Crippen LogP contribution in [0, 0.1) is 0 Å². The molecule has 1 N–H and O–H groups in total. The summed E-state index contributed by atoms with van der Waals surface area (Å²) in [6.07, 6.45) is 4.95. The third-order valence-corrected chi connectivity index (χ3v) is 3.67. The van der Waals surface area contributed by atoms with Gasteiger partial charge in [0, 0.05) is 6.04 Å². The average Bonchev–Trinajstić information content (AvgIpc) is 2.40. The molecular weight excluding hydrogens is 266 g/mol. The van der Waals surface area contributed by atoms with E-state index in [1.807, 2.05) is 26.8 Å². The number of phenols is 1. The molecule has 21 heavy (non-hydrogen) atoms. The van der Waals surface area contributed by atoms with Gasteiger partial charge in [-0.15, -0.1) is 0 Å². The number of anilines is 1. The Morgan fingerprint density at radius 1 is 1.19 bits per heavy atom. The molecule has 1 saturated carbocycles. The minimum atomic E-state index is -0.547. The van der Waals surface area contributed by atoms with Crippen LogP contribution in [0.1, 0.15) is 52.9 Å². The van der Waals surface area contributed by atoms with Crippen molar-refractivity contribution in [3.63, 3.8) is 0 Å². The maximum Gasteiger partial charge on any atom is 0.415 e. The summed E-state index contributed by atoms with van der Waals surface area (Å²) >= 11 is 0. The molecule has 4 heteroatoms. The van der Waals surface area contributed by atoms with Crippen LogP contribution >= 0.6 is 0 Å². The van der Waals surface area contributed by atoms with E-state index in [0.29, 0.717) is 5.69 Å². The molecule has 0 spiro atoms. The number of phenolic OH excluding ortho intramolecular Hbond substituents is 1. The third-order valence-electron chi connectivity index (χ3n) is 3.67. The smallest absolute Gasteiger partial charge is 0.415 e. The number of carbonyl (C=O) groups is 1. The summed E-state index contributed by atoms with van der Waals surface area (Å²) in [4.78, 5) is 14.2. The molecule has 0 aromatic heterocycles. The zero-order chi connectivity index (χ0) is 15.5. The Bertz CT molecular complexity index is 487. The zero-order valence-corrected chi connectivity index (χ0v) is 13.1. The van der Waals surface area contributed by atoms with Crippen LogP contribution in [0.25, 0.3) is 0 Å². The second-order valence-electron chi connectivity index (χ2n) is 6.63. The number of para-hydroxylation sites is 2. The summed E-state index contributed by atoms with van der Waals surface area (Å²) in [5, 5.41) is 10.1. The number of hydrogen-bond donors (Lipinski definition) is 1. The van der Waals surface area contributed by atoms with Crippen LogP contribution in [0.5, 0.6) is 5.75 Å². The fraction of sp³-hybridized carbons (Fsp3) is 0.588. The standard InChI is InChI=1S/C17H25NO3/c1-17(2,3)21-16(20)18(13-9-5-4-6-10-13)14-11-7-8-12-15(14)19/h7-8,11-13,19H,4-6,9-10H2,1-3H3. The van der Waals surface area contributed by atoms with E-state index in [1.165, 1.54) is 6.42 Å². The Labute approximate surface area is 126 Å². The first kappa shape index (κ1) is 15.7. The normalized spacial score (nSPS) is 16.5. The van der Waals surface area contributed by atoms with Gasteiger partial charge in [0.15, 0.2) is 0 Å².